The summed E-state index contributed by atoms with van der Waals surface area (Å²) in [6, 6.07) is -0.830. The van der Waals surface area contributed by atoms with Crippen LogP contribution in [0.5, 0.6) is 0 Å². The Morgan fingerprint density at radius 2 is 1.89 bits per heavy atom. The standard InChI is InChI=1S/C10H21BN2O5/c1-9(2)10(3,4)18-11(17-9)13-7(8(14)15)5-6-16-12/h7,13H,5-6,12H2,1-4H3,(H,14,15)/t7-/m0/s1. The van der Waals surface area contributed by atoms with E-state index in [1.54, 1.807) is 0 Å². The van der Waals surface area contributed by atoms with Crippen molar-refractivity contribution in [3.63, 3.8) is 0 Å². The van der Waals surface area contributed by atoms with Gasteiger partial charge in [0.05, 0.1) is 17.8 Å². The minimum absolute atomic E-state index is 0.142. The molecule has 1 saturated heterocycles. The van der Waals surface area contributed by atoms with Gasteiger partial charge in [0.25, 0.3) is 0 Å². The molecule has 0 radical (unpaired) electrons. The number of rotatable bonds is 6. The number of carbonyl (C=O) groups is 1. The molecule has 0 aromatic carbocycles. The fourth-order valence-corrected chi connectivity index (χ4v) is 1.54. The van der Waals surface area contributed by atoms with Gasteiger partial charge in [0.15, 0.2) is 0 Å². The Labute approximate surface area is 107 Å². The Morgan fingerprint density at radius 3 is 2.28 bits per heavy atom. The van der Waals surface area contributed by atoms with Crippen LogP contribution >= 0.6 is 0 Å². The number of hydrogen-bond acceptors (Lipinski definition) is 6. The summed E-state index contributed by atoms with van der Waals surface area (Å²) in [5, 5.41) is 11.8. The van der Waals surface area contributed by atoms with Crippen molar-refractivity contribution in [2.24, 2.45) is 5.90 Å². The molecule has 8 heteroatoms. The lowest BCUT2D eigenvalue weighted by molar-refractivity contribution is -0.139. The van der Waals surface area contributed by atoms with E-state index in [0.717, 1.165) is 0 Å². The fraction of sp³-hybridized carbons (Fsp3) is 0.900. The van der Waals surface area contributed by atoms with Crippen molar-refractivity contribution in [3.8, 4) is 0 Å². The Balaban J connectivity index is 2.59. The Kier molecular flexibility index (Phi) is 4.74. The third-order valence-electron chi connectivity index (χ3n) is 3.41. The highest BCUT2D eigenvalue weighted by molar-refractivity contribution is 6.42. The Hall–Kier alpha value is -0.665. The summed E-state index contributed by atoms with van der Waals surface area (Å²) in [7, 11) is -0.756. The molecule has 1 aliphatic heterocycles. The molecular formula is C10H21BN2O5. The van der Waals surface area contributed by atoms with E-state index in [0.29, 0.717) is 0 Å². The molecule has 0 unspecified atom stereocenters. The lowest BCUT2D eigenvalue weighted by Gasteiger charge is -2.32. The first-order valence-electron chi connectivity index (χ1n) is 5.86. The van der Waals surface area contributed by atoms with Gasteiger partial charge in [0.2, 0.25) is 0 Å². The molecule has 1 fully saturated rings. The van der Waals surface area contributed by atoms with Crippen LogP contribution in [0.4, 0.5) is 0 Å². The molecule has 0 aromatic rings. The van der Waals surface area contributed by atoms with Crippen molar-refractivity contribution >= 4 is 13.2 Å². The zero-order valence-corrected chi connectivity index (χ0v) is 11.2. The van der Waals surface area contributed by atoms with E-state index >= 15 is 0 Å². The average molecular weight is 260 g/mol. The van der Waals surface area contributed by atoms with E-state index in [2.05, 4.69) is 10.1 Å². The number of carboxylic acids is 1. The van der Waals surface area contributed by atoms with Gasteiger partial charge in [0, 0.05) is 0 Å². The van der Waals surface area contributed by atoms with E-state index in [-0.39, 0.29) is 13.0 Å². The molecule has 1 heterocycles. The molecular weight excluding hydrogens is 239 g/mol. The van der Waals surface area contributed by atoms with Gasteiger partial charge in [-0.15, -0.1) is 0 Å². The van der Waals surface area contributed by atoms with Crippen molar-refractivity contribution in [3.05, 3.63) is 0 Å². The molecule has 18 heavy (non-hydrogen) atoms. The summed E-state index contributed by atoms with van der Waals surface area (Å²) >= 11 is 0. The Bertz CT molecular complexity index is 295. The molecule has 1 aliphatic rings. The predicted octanol–water partition coefficient (Wildman–Crippen LogP) is -0.101. The topological polar surface area (TPSA) is 103 Å². The van der Waals surface area contributed by atoms with Gasteiger partial charge in [-0.05, 0) is 34.1 Å². The Morgan fingerprint density at radius 1 is 1.39 bits per heavy atom. The first-order chi connectivity index (χ1) is 8.19. The minimum atomic E-state index is -0.998. The van der Waals surface area contributed by atoms with Gasteiger partial charge in [-0.2, -0.15) is 0 Å². The fourth-order valence-electron chi connectivity index (χ4n) is 1.54. The second-order valence-corrected chi connectivity index (χ2v) is 5.31. The van der Waals surface area contributed by atoms with Crippen molar-refractivity contribution in [1.82, 2.24) is 5.23 Å². The highest BCUT2D eigenvalue weighted by Gasteiger charge is 2.52. The predicted molar refractivity (Wildman–Crippen MR) is 65.4 cm³/mol. The number of nitrogens with one attached hydrogen (secondary N) is 1. The van der Waals surface area contributed by atoms with Gasteiger partial charge in [-0.3, -0.25) is 10.0 Å². The van der Waals surface area contributed by atoms with Crippen LogP contribution in [0.2, 0.25) is 0 Å². The summed E-state index contributed by atoms with van der Waals surface area (Å²) in [5.41, 5.74) is -1.00. The third-order valence-corrected chi connectivity index (χ3v) is 3.41. The van der Waals surface area contributed by atoms with E-state index in [1.165, 1.54) is 0 Å². The van der Waals surface area contributed by atoms with Crippen molar-refractivity contribution in [2.75, 3.05) is 6.61 Å². The number of hydrogen-bond donors (Lipinski definition) is 3. The molecule has 4 N–H and O–H groups in total. The van der Waals surface area contributed by atoms with Crippen molar-refractivity contribution < 1.29 is 24.0 Å². The van der Waals surface area contributed by atoms with Crippen molar-refractivity contribution in [1.29, 1.82) is 0 Å². The summed E-state index contributed by atoms with van der Waals surface area (Å²) in [6.45, 7) is 7.73. The highest BCUT2D eigenvalue weighted by Crippen LogP contribution is 2.35. The van der Waals surface area contributed by atoms with Gasteiger partial charge in [-0.25, -0.2) is 5.90 Å². The van der Waals surface area contributed by atoms with Crippen molar-refractivity contribution in [2.45, 2.75) is 51.4 Å². The maximum atomic E-state index is 11.0. The van der Waals surface area contributed by atoms with Gasteiger partial charge in [0.1, 0.15) is 6.04 Å². The summed E-state index contributed by atoms with van der Waals surface area (Å²) in [5.74, 6) is 3.89. The zero-order valence-electron chi connectivity index (χ0n) is 11.2. The van der Waals surface area contributed by atoms with E-state index in [9.17, 15) is 4.79 Å². The van der Waals surface area contributed by atoms with E-state index < -0.39 is 30.5 Å². The SMILES string of the molecule is CC1(C)OB(N[C@@H](CCON)C(=O)O)OC1(C)C. The van der Waals surface area contributed by atoms with Gasteiger partial charge < -0.3 is 19.3 Å². The van der Waals surface area contributed by atoms with E-state index in [4.69, 9.17) is 20.3 Å². The second-order valence-electron chi connectivity index (χ2n) is 5.31. The summed E-state index contributed by atoms with van der Waals surface area (Å²) in [6.07, 6.45) is 0.232. The van der Waals surface area contributed by atoms with Crippen LogP contribution in [-0.2, 0) is 18.9 Å². The van der Waals surface area contributed by atoms with Gasteiger partial charge >= 0.3 is 13.2 Å². The molecule has 0 aromatic heterocycles. The normalized spacial score (nSPS) is 23.1. The molecule has 7 nitrogen and oxygen atoms in total. The molecule has 1 rings (SSSR count). The van der Waals surface area contributed by atoms with Crippen LogP contribution in [-0.4, -0.2) is 42.2 Å². The quantitative estimate of drug-likeness (QED) is 0.452. The molecule has 0 amide bonds. The van der Waals surface area contributed by atoms with Crippen LogP contribution in [0.1, 0.15) is 34.1 Å². The smallest absolute Gasteiger partial charge is 0.480 e. The molecule has 0 saturated carbocycles. The van der Waals surface area contributed by atoms with Crippen LogP contribution < -0.4 is 11.1 Å². The first kappa shape index (κ1) is 15.4. The van der Waals surface area contributed by atoms with Crippen LogP contribution in [0, 0.1) is 0 Å². The van der Waals surface area contributed by atoms with Crippen LogP contribution in [0.25, 0.3) is 0 Å². The molecule has 0 bridgehead atoms. The summed E-state index contributed by atoms with van der Waals surface area (Å²) in [4.78, 5) is 15.4. The molecule has 0 aliphatic carbocycles. The number of nitrogens with two attached hydrogens (primary N) is 1. The van der Waals surface area contributed by atoms with Crippen LogP contribution in [0.3, 0.4) is 0 Å². The maximum Gasteiger partial charge on any atom is 0.556 e. The largest absolute Gasteiger partial charge is 0.556 e. The lowest BCUT2D eigenvalue weighted by atomic mass is 9.90. The maximum absolute atomic E-state index is 11.0. The molecule has 104 valence electrons. The molecule has 1 atom stereocenters. The second kappa shape index (κ2) is 5.54. The minimum Gasteiger partial charge on any atom is -0.480 e. The number of aliphatic carboxylic acids is 1. The highest BCUT2D eigenvalue weighted by atomic mass is 16.7. The van der Waals surface area contributed by atoms with Crippen LogP contribution in [0.15, 0.2) is 0 Å². The first-order valence-corrected chi connectivity index (χ1v) is 5.86. The lowest BCUT2D eigenvalue weighted by Crippen LogP contribution is -2.48. The monoisotopic (exact) mass is 260 g/mol. The third kappa shape index (κ3) is 3.42. The molecule has 0 spiro atoms. The average Bonchev–Trinajstić information content (AvgIpc) is 2.41. The zero-order chi connectivity index (χ0) is 14.0. The summed E-state index contributed by atoms with van der Waals surface area (Å²) < 4.78 is 11.3. The number of carboxylic acid groups (broad SMARTS) is 1. The van der Waals surface area contributed by atoms with Gasteiger partial charge in [-0.1, -0.05) is 0 Å². The van der Waals surface area contributed by atoms with E-state index in [1.807, 2.05) is 27.7 Å².